The summed E-state index contributed by atoms with van der Waals surface area (Å²) in [7, 11) is 0. The number of aliphatic hydroxyl groups excluding tert-OH is 1. The highest BCUT2D eigenvalue weighted by Crippen LogP contribution is 2.19. The number of likely N-dealkylation sites (tertiary alicyclic amines) is 1. The summed E-state index contributed by atoms with van der Waals surface area (Å²) in [4.78, 5) is 14.4. The van der Waals surface area contributed by atoms with Crippen LogP contribution in [0.25, 0.3) is 0 Å². The average Bonchev–Trinajstić information content (AvgIpc) is 2.69. The molecule has 1 saturated heterocycles. The largest absolute Gasteiger partial charge is 0.392 e. The second-order valence-corrected chi connectivity index (χ2v) is 6.09. The standard InChI is InChI=1S/C15H28N2O2/c1-12(16-13-8-4-5-9-14(13)18)15(19)17-10-6-2-3-7-11-17/h12-14,16,18H,2-11H2,1H3. The van der Waals surface area contributed by atoms with Gasteiger partial charge in [0, 0.05) is 19.1 Å². The zero-order chi connectivity index (χ0) is 13.7. The Morgan fingerprint density at radius 2 is 1.74 bits per heavy atom. The van der Waals surface area contributed by atoms with Crippen molar-refractivity contribution >= 4 is 5.91 Å². The Morgan fingerprint density at radius 3 is 2.37 bits per heavy atom. The van der Waals surface area contributed by atoms with Gasteiger partial charge in [-0.25, -0.2) is 0 Å². The lowest BCUT2D eigenvalue weighted by Gasteiger charge is -2.32. The van der Waals surface area contributed by atoms with Crippen molar-refractivity contribution in [2.24, 2.45) is 0 Å². The molecule has 19 heavy (non-hydrogen) atoms. The van der Waals surface area contributed by atoms with Gasteiger partial charge in [-0.2, -0.15) is 0 Å². The van der Waals surface area contributed by atoms with E-state index in [0.29, 0.717) is 0 Å². The van der Waals surface area contributed by atoms with E-state index in [2.05, 4.69) is 5.32 Å². The van der Waals surface area contributed by atoms with Crippen molar-refractivity contribution in [3.05, 3.63) is 0 Å². The highest BCUT2D eigenvalue weighted by molar-refractivity contribution is 5.81. The van der Waals surface area contributed by atoms with E-state index in [0.717, 1.165) is 51.6 Å². The third-order valence-electron chi connectivity index (χ3n) is 4.48. The molecule has 4 heteroatoms. The Labute approximate surface area is 116 Å². The van der Waals surface area contributed by atoms with Crippen LogP contribution >= 0.6 is 0 Å². The summed E-state index contributed by atoms with van der Waals surface area (Å²) in [5.41, 5.74) is 0. The van der Waals surface area contributed by atoms with Crippen molar-refractivity contribution in [2.75, 3.05) is 13.1 Å². The third kappa shape index (κ3) is 4.18. The van der Waals surface area contributed by atoms with Crippen molar-refractivity contribution in [3.8, 4) is 0 Å². The molecule has 2 aliphatic rings. The molecular formula is C15H28N2O2. The van der Waals surface area contributed by atoms with Crippen LogP contribution in [0.4, 0.5) is 0 Å². The minimum atomic E-state index is -0.284. The predicted molar refractivity (Wildman–Crippen MR) is 75.9 cm³/mol. The van der Waals surface area contributed by atoms with Gasteiger partial charge in [-0.05, 0) is 32.6 Å². The molecule has 1 amide bonds. The molecule has 0 spiro atoms. The van der Waals surface area contributed by atoms with Gasteiger partial charge in [-0.1, -0.05) is 25.7 Å². The smallest absolute Gasteiger partial charge is 0.239 e. The first kappa shape index (κ1) is 14.8. The van der Waals surface area contributed by atoms with Gasteiger partial charge in [-0.3, -0.25) is 4.79 Å². The van der Waals surface area contributed by atoms with Crippen LogP contribution in [0.5, 0.6) is 0 Å². The number of carbonyl (C=O) groups excluding carboxylic acids is 1. The first-order chi connectivity index (χ1) is 9.18. The van der Waals surface area contributed by atoms with Crippen LogP contribution in [0.15, 0.2) is 0 Å². The van der Waals surface area contributed by atoms with Gasteiger partial charge >= 0.3 is 0 Å². The average molecular weight is 268 g/mol. The van der Waals surface area contributed by atoms with Gasteiger partial charge in [-0.15, -0.1) is 0 Å². The zero-order valence-electron chi connectivity index (χ0n) is 12.1. The quantitative estimate of drug-likeness (QED) is 0.818. The Bertz CT molecular complexity index is 288. The van der Waals surface area contributed by atoms with Gasteiger partial charge in [0.25, 0.3) is 0 Å². The van der Waals surface area contributed by atoms with Crippen LogP contribution < -0.4 is 5.32 Å². The molecule has 1 saturated carbocycles. The highest BCUT2D eigenvalue weighted by atomic mass is 16.3. The SMILES string of the molecule is CC(NC1CCCCC1O)C(=O)N1CCCCCC1. The Morgan fingerprint density at radius 1 is 1.11 bits per heavy atom. The van der Waals surface area contributed by atoms with Crippen LogP contribution in [0.3, 0.4) is 0 Å². The number of aliphatic hydroxyl groups is 1. The number of nitrogens with one attached hydrogen (secondary N) is 1. The molecular weight excluding hydrogens is 240 g/mol. The maximum Gasteiger partial charge on any atom is 0.239 e. The topological polar surface area (TPSA) is 52.6 Å². The Hall–Kier alpha value is -0.610. The molecule has 0 radical (unpaired) electrons. The Balaban J connectivity index is 1.83. The third-order valence-corrected chi connectivity index (χ3v) is 4.48. The van der Waals surface area contributed by atoms with E-state index in [1.165, 1.54) is 12.8 Å². The molecule has 0 bridgehead atoms. The lowest BCUT2D eigenvalue weighted by Crippen LogP contribution is -2.52. The first-order valence-corrected chi connectivity index (χ1v) is 7.91. The van der Waals surface area contributed by atoms with E-state index in [4.69, 9.17) is 0 Å². The van der Waals surface area contributed by atoms with Crippen LogP contribution in [0.1, 0.15) is 58.3 Å². The normalized spacial score (nSPS) is 30.7. The molecule has 2 fully saturated rings. The van der Waals surface area contributed by atoms with Crippen LogP contribution in [0.2, 0.25) is 0 Å². The van der Waals surface area contributed by atoms with Crippen molar-refractivity contribution in [1.82, 2.24) is 10.2 Å². The van der Waals surface area contributed by atoms with Gasteiger partial charge in [0.05, 0.1) is 12.1 Å². The molecule has 3 atom stereocenters. The lowest BCUT2D eigenvalue weighted by atomic mass is 9.92. The number of carbonyl (C=O) groups is 1. The van der Waals surface area contributed by atoms with E-state index in [1.807, 2.05) is 11.8 Å². The van der Waals surface area contributed by atoms with Crippen LogP contribution in [-0.4, -0.2) is 47.2 Å². The minimum Gasteiger partial charge on any atom is -0.392 e. The van der Waals surface area contributed by atoms with Crippen LogP contribution in [-0.2, 0) is 4.79 Å². The molecule has 1 aliphatic heterocycles. The summed E-state index contributed by atoms with van der Waals surface area (Å²) >= 11 is 0. The second-order valence-electron chi connectivity index (χ2n) is 6.09. The molecule has 110 valence electrons. The summed E-state index contributed by atoms with van der Waals surface area (Å²) in [5.74, 6) is 0.208. The molecule has 0 aromatic heterocycles. The summed E-state index contributed by atoms with van der Waals surface area (Å²) in [6.45, 7) is 3.74. The second kappa shape index (κ2) is 7.25. The zero-order valence-corrected chi connectivity index (χ0v) is 12.1. The van der Waals surface area contributed by atoms with E-state index in [1.54, 1.807) is 0 Å². The fourth-order valence-electron chi connectivity index (χ4n) is 3.26. The number of nitrogens with zero attached hydrogens (tertiary/aromatic N) is 1. The monoisotopic (exact) mass is 268 g/mol. The fourth-order valence-corrected chi connectivity index (χ4v) is 3.26. The van der Waals surface area contributed by atoms with Gasteiger partial charge < -0.3 is 15.3 Å². The maximum atomic E-state index is 12.4. The molecule has 0 aromatic carbocycles. The number of rotatable bonds is 3. The molecule has 1 heterocycles. The minimum absolute atomic E-state index is 0.0969. The van der Waals surface area contributed by atoms with E-state index in [-0.39, 0.29) is 24.1 Å². The summed E-state index contributed by atoms with van der Waals surface area (Å²) in [6.07, 6.45) is 8.57. The summed E-state index contributed by atoms with van der Waals surface area (Å²) < 4.78 is 0. The van der Waals surface area contributed by atoms with Gasteiger partial charge in [0.1, 0.15) is 0 Å². The highest BCUT2D eigenvalue weighted by Gasteiger charge is 2.28. The van der Waals surface area contributed by atoms with Crippen molar-refractivity contribution < 1.29 is 9.90 Å². The van der Waals surface area contributed by atoms with Crippen molar-refractivity contribution in [1.29, 1.82) is 0 Å². The predicted octanol–water partition coefficient (Wildman–Crippen LogP) is 1.67. The van der Waals surface area contributed by atoms with Crippen molar-refractivity contribution in [3.63, 3.8) is 0 Å². The van der Waals surface area contributed by atoms with E-state index in [9.17, 15) is 9.90 Å². The molecule has 3 unspecified atom stereocenters. The van der Waals surface area contributed by atoms with E-state index < -0.39 is 0 Å². The maximum absolute atomic E-state index is 12.4. The number of hydrogen-bond acceptors (Lipinski definition) is 3. The summed E-state index contributed by atoms with van der Waals surface area (Å²) in [6, 6.07) is -0.0736. The number of hydrogen-bond donors (Lipinski definition) is 2. The first-order valence-electron chi connectivity index (χ1n) is 7.91. The van der Waals surface area contributed by atoms with E-state index >= 15 is 0 Å². The molecule has 4 nitrogen and oxygen atoms in total. The van der Waals surface area contributed by atoms with Crippen LogP contribution in [0, 0.1) is 0 Å². The van der Waals surface area contributed by atoms with Gasteiger partial charge in [0.15, 0.2) is 0 Å². The molecule has 1 aliphatic carbocycles. The van der Waals surface area contributed by atoms with Crippen molar-refractivity contribution in [2.45, 2.75) is 76.5 Å². The Kier molecular flexibility index (Phi) is 5.64. The number of amides is 1. The fraction of sp³-hybridized carbons (Fsp3) is 0.933. The molecule has 2 N–H and O–H groups in total. The molecule has 0 aromatic rings. The summed E-state index contributed by atoms with van der Waals surface area (Å²) in [5, 5.41) is 13.3. The van der Waals surface area contributed by atoms with Gasteiger partial charge in [0.2, 0.25) is 5.91 Å². The molecule has 2 rings (SSSR count). The lowest BCUT2D eigenvalue weighted by molar-refractivity contribution is -0.133.